The number of nitrogens with one attached hydrogen (secondary N) is 1. The molecule has 5 heteroatoms. The molecule has 2 heterocycles. The van der Waals surface area contributed by atoms with E-state index in [1.807, 2.05) is 37.3 Å². The first-order valence-corrected chi connectivity index (χ1v) is 10.1. The Kier molecular flexibility index (Phi) is 5.32. The van der Waals surface area contributed by atoms with E-state index >= 15 is 0 Å². The summed E-state index contributed by atoms with van der Waals surface area (Å²) in [7, 11) is 0. The lowest BCUT2D eigenvalue weighted by Crippen LogP contribution is -2.29. The lowest BCUT2D eigenvalue weighted by Gasteiger charge is -2.25. The van der Waals surface area contributed by atoms with Crippen LogP contribution >= 0.6 is 11.3 Å². The molecule has 138 valence electrons. The molecule has 4 rings (SSSR count). The number of anilines is 1. The van der Waals surface area contributed by atoms with Crippen LogP contribution in [-0.2, 0) is 30.7 Å². The van der Waals surface area contributed by atoms with Crippen molar-refractivity contribution in [3.63, 3.8) is 0 Å². The van der Waals surface area contributed by atoms with E-state index in [9.17, 15) is 4.79 Å². The van der Waals surface area contributed by atoms with Gasteiger partial charge in [-0.2, -0.15) is 0 Å². The Bertz CT molecular complexity index is 936. The second-order valence-corrected chi connectivity index (χ2v) is 8.07. The minimum atomic E-state index is -0.00320. The van der Waals surface area contributed by atoms with Crippen LogP contribution in [0.15, 0.2) is 54.6 Å². The molecule has 1 N–H and O–H groups in total. The average molecular weight is 378 g/mol. The van der Waals surface area contributed by atoms with E-state index in [0.29, 0.717) is 6.42 Å². The number of rotatable bonds is 5. The summed E-state index contributed by atoms with van der Waals surface area (Å²) in [4.78, 5) is 20.8. The standard InChI is InChI=1S/C22H23N3OS/c1-16-7-5-6-10-18(16)13-21(26)24-22-23-19-11-12-25(15-20(19)27-22)14-17-8-3-2-4-9-17/h2-10H,11-15H2,1H3,(H,23,24,26). The molecule has 0 atom stereocenters. The fourth-order valence-corrected chi connectivity index (χ4v) is 4.49. The maximum absolute atomic E-state index is 12.4. The quantitative estimate of drug-likeness (QED) is 0.725. The van der Waals surface area contributed by atoms with Crippen molar-refractivity contribution in [1.29, 1.82) is 0 Å². The van der Waals surface area contributed by atoms with E-state index in [0.717, 1.165) is 48.0 Å². The molecule has 0 saturated carbocycles. The molecular formula is C22H23N3OS. The van der Waals surface area contributed by atoms with Gasteiger partial charge in [0.2, 0.25) is 5.91 Å². The minimum absolute atomic E-state index is 0.00320. The number of thiazole rings is 1. The summed E-state index contributed by atoms with van der Waals surface area (Å²) < 4.78 is 0. The Morgan fingerprint density at radius 1 is 1.15 bits per heavy atom. The third-order valence-corrected chi connectivity index (χ3v) is 5.92. The highest BCUT2D eigenvalue weighted by Gasteiger charge is 2.21. The van der Waals surface area contributed by atoms with E-state index in [1.54, 1.807) is 11.3 Å². The topological polar surface area (TPSA) is 45.2 Å². The molecule has 1 aromatic heterocycles. The summed E-state index contributed by atoms with van der Waals surface area (Å²) in [6.45, 7) is 4.89. The van der Waals surface area contributed by atoms with Crippen LogP contribution in [-0.4, -0.2) is 22.3 Å². The SMILES string of the molecule is Cc1ccccc1CC(=O)Nc1nc2c(s1)CN(Cc1ccccc1)CC2. The van der Waals surface area contributed by atoms with Gasteiger partial charge in [0.1, 0.15) is 0 Å². The summed E-state index contributed by atoms with van der Waals surface area (Å²) in [6.07, 6.45) is 1.32. The fourth-order valence-electron chi connectivity index (χ4n) is 3.42. The minimum Gasteiger partial charge on any atom is -0.302 e. The number of amides is 1. The molecule has 0 saturated heterocycles. The van der Waals surface area contributed by atoms with Crippen LogP contribution in [0.1, 0.15) is 27.3 Å². The number of aryl methyl sites for hydroxylation is 1. The number of benzene rings is 2. The van der Waals surface area contributed by atoms with Gasteiger partial charge in [0.15, 0.2) is 5.13 Å². The van der Waals surface area contributed by atoms with E-state index < -0.39 is 0 Å². The number of fused-ring (bicyclic) bond motifs is 1. The van der Waals surface area contributed by atoms with Gasteiger partial charge in [0.25, 0.3) is 0 Å². The van der Waals surface area contributed by atoms with E-state index in [4.69, 9.17) is 0 Å². The molecule has 4 nitrogen and oxygen atoms in total. The lowest BCUT2D eigenvalue weighted by atomic mass is 10.1. The molecule has 2 aromatic carbocycles. The van der Waals surface area contributed by atoms with Gasteiger partial charge in [0.05, 0.1) is 12.1 Å². The van der Waals surface area contributed by atoms with Gasteiger partial charge < -0.3 is 5.32 Å². The fraction of sp³-hybridized carbons (Fsp3) is 0.273. The van der Waals surface area contributed by atoms with Crippen molar-refractivity contribution >= 4 is 22.4 Å². The van der Waals surface area contributed by atoms with Crippen LogP contribution in [0.3, 0.4) is 0 Å². The highest BCUT2D eigenvalue weighted by atomic mass is 32.1. The summed E-state index contributed by atoms with van der Waals surface area (Å²) in [5.41, 5.74) is 4.67. The number of carbonyl (C=O) groups is 1. The molecule has 1 aliphatic heterocycles. The molecule has 0 spiro atoms. The molecular weight excluding hydrogens is 354 g/mol. The van der Waals surface area contributed by atoms with Crippen molar-refractivity contribution in [1.82, 2.24) is 9.88 Å². The highest BCUT2D eigenvalue weighted by molar-refractivity contribution is 7.15. The Labute approximate surface area is 163 Å². The van der Waals surface area contributed by atoms with Crippen molar-refractivity contribution in [3.05, 3.63) is 81.9 Å². The predicted molar refractivity (Wildman–Crippen MR) is 110 cm³/mol. The number of hydrogen-bond acceptors (Lipinski definition) is 4. The van der Waals surface area contributed by atoms with Crippen molar-refractivity contribution in [2.75, 3.05) is 11.9 Å². The second kappa shape index (κ2) is 8.03. The molecule has 1 amide bonds. The van der Waals surface area contributed by atoms with Crippen molar-refractivity contribution in [2.45, 2.75) is 32.9 Å². The van der Waals surface area contributed by atoms with E-state index in [-0.39, 0.29) is 5.91 Å². The van der Waals surface area contributed by atoms with Gasteiger partial charge in [-0.3, -0.25) is 9.69 Å². The molecule has 0 fully saturated rings. The zero-order valence-corrected chi connectivity index (χ0v) is 16.3. The van der Waals surface area contributed by atoms with Gasteiger partial charge >= 0.3 is 0 Å². The molecule has 0 aliphatic carbocycles. The van der Waals surface area contributed by atoms with Gasteiger partial charge in [-0.05, 0) is 23.6 Å². The Morgan fingerprint density at radius 2 is 1.93 bits per heavy atom. The highest BCUT2D eigenvalue weighted by Crippen LogP contribution is 2.29. The zero-order valence-electron chi connectivity index (χ0n) is 15.4. The molecule has 3 aromatic rings. The first-order valence-electron chi connectivity index (χ1n) is 9.26. The van der Waals surface area contributed by atoms with Crippen molar-refractivity contribution in [3.8, 4) is 0 Å². The molecule has 0 unspecified atom stereocenters. The Morgan fingerprint density at radius 3 is 2.74 bits per heavy atom. The van der Waals surface area contributed by atoms with Gasteiger partial charge in [-0.15, -0.1) is 11.3 Å². The number of aromatic nitrogens is 1. The van der Waals surface area contributed by atoms with Crippen molar-refractivity contribution in [2.24, 2.45) is 0 Å². The van der Waals surface area contributed by atoms with Gasteiger partial charge in [0, 0.05) is 30.9 Å². The zero-order chi connectivity index (χ0) is 18.6. The predicted octanol–water partition coefficient (Wildman–Crippen LogP) is 4.19. The van der Waals surface area contributed by atoms with Gasteiger partial charge in [-0.25, -0.2) is 4.98 Å². The maximum atomic E-state index is 12.4. The summed E-state index contributed by atoms with van der Waals surface area (Å²) in [6, 6.07) is 18.5. The summed E-state index contributed by atoms with van der Waals surface area (Å²) in [5, 5.41) is 3.71. The molecule has 27 heavy (non-hydrogen) atoms. The van der Waals surface area contributed by atoms with Crippen LogP contribution in [0, 0.1) is 6.92 Å². The second-order valence-electron chi connectivity index (χ2n) is 6.99. The number of nitrogens with zero attached hydrogens (tertiary/aromatic N) is 2. The van der Waals surface area contributed by atoms with E-state index in [1.165, 1.54) is 10.4 Å². The first-order chi connectivity index (χ1) is 13.2. The first kappa shape index (κ1) is 17.9. The summed E-state index contributed by atoms with van der Waals surface area (Å²) >= 11 is 1.61. The lowest BCUT2D eigenvalue weighted by molar-refractivity contribution is -0.115. The summed E-state index contributed by atoms with van der Waals surface area (Å²) in [5.74, 6) is -0.00320. The molecule has 0 bridgehead atoms. The third kappa shape index (κ3) is 4.43. The monoisotopic (exact) mass is 377 g/mol. The van der Waals surface area contributed by atoms with Crippen LogP contribution < -0.4 is 5.32 Å². The van der Waals surface area contributed by atoms with Gasteiger partial charge in [-0.1, -0.05) is 54.6 Å². The van der Waals surface area contributed by atoms with Crippen LogP contribution in [0.25, 0.3) is 0 Å². The number of hydrogen-bond donors (Lipinski definition) is 1. The average Bonchev–Trinajstić information content (AvgIpc) is 3.06. The number of carbonyl (C=O) groups excluding carboxylic acids is 1. The Balaban J connectivity index is 1.38. The van der Waals surface area contributed by atoms with E-state index in [2.05, 4.69) is 39.5 Å². The Hall–Kier alpha value is -2.50. The third-order valence-electron chi connectivity index (χ3n) is 4.92. The smallest absolute Gasteiger partial charge is 0.230 e. The van der Waals surface area contributed by atoms with Crippen LogP contribution in [0.4, 0.5) is 5.13 Å². The maximum Gasteiger partial charge on any atom is 0.230 e. The largest absolute Gasteiger partial charge is 0.302 e. The molecule has 0 radical (unpaired) electrons. The van der Waals surface area contributed by atoms with Crippen LogP contribution in [0.5, 0.6) is 0 Å². The van der Waals surface area contributed by atoms with Crippen molar-refractivity contribution < 1.29 is 4.79 Å². The van der Waals surface area contributed by atoms with Crippen LogP contribution in [0.2, 0.25) is 0 Å². The molecule has 1 aliphatic rings. The normalized spacial score (nSPS) is 14.0.